The van der Waals surface area contributed by atoms with Gasteiger partial charge in [-0.15, -0.1) is 10.2 Å². The van der Waals surface area contributed by atoms with Crippen LogP contribution in [-0.4, -0.2) is 18.9 Å². The summed E-state index contributed by atoms with van der Waals surface area (Å²) < 4.78 is 4.89. The van der Waals surface area contributed by atoms with Crippen LogP contribution in [0, 0.1) is 0 Å². The van der Waals surface area contributed by atoms with Gasteiger partial charge in [0.15, 0.2) is 0 Å². The second-order valence-corrected chi connectivity index (χ2v) is 4.59. The monoisotopic (exact) mass is 288 g/mol. The molecule has 0 unspecified atom stereocenters. The third-order valence-corrected chi connectivity index (χ3v) is 3.18. The number of hydrogen-bond acceptors (Lipinski definition) is 7. The van der Waals surface area contributed by atoms with Gasteiger partial charge in [0.1, 0.15) is 6.29 Å². The molecule has 0 aromatic heterocycles. The SMILES string of the molecule is CCOC(=O)CCCC1(c2ccc(C=O)cc2)N=NN=N1. The highest BCUT2D eigenvalue weighted by Gasteiger charge is 2.35. The number of ether oxygens (including phenoxy) is 1. The van der Waals surface area contributed by atoms with Crippen LogP contribution in [0.25, 0.3) is 0 Å². The molecule has 0 fully saturated rings. The fraction of sp³-hybridized carbons (Fsp3) is 0.429. The summed E-state index contributed by atoms with van der Waals surface area (Å²) in [6.45, 7) is 2.14. The second kappa shape index (κ2) is 6.83. The van der Waals surface area contributed by atoms with E-state index in [-0.39, 0.29) is 5.97 Å². The summed E-state index contributed by atoms with van der Waals surface area (Å²) in [5, 5.41) is 15.3. The first-order valence-electron chi connectivity index (χ1n) is 6.75. The van der Waals surface area contributed by atoms with E-state index in [2.05, 4.69) is 20.7 Å². The molecule has 0 N–H and O–H groups in total. The molecule has 2 rings (SSSR count). The van der Waals surface area contributed by atoms with Crippen LogP contribution in [0.3, 0.4) is 0 Å². The molecule has 21 heavy (non-hydrogen) atoms. The molecular weight excluding hydrogens is 272 g/mol. The lowest BCUT2D eigenvalue weighted by Gasteiger charge is -2.19. The molecule has 0 amide bonds. The largest absolute Gasteiger partial charge is 0.466 e. The second-order valence-electron chi connectivity index (χ2n) is 4.59. The van der Waals surface area contributed by atoms with Gasteiger partial charge in [-0.1, -0.05) is 24.3 Å². The van der Waals surface area contributed by atoms with Crippen molar-refractivity contribution in [1.29, 1.82) is 0 Å². The molecule has 7 nitrogen and oxygen atoms in total. The summed E-state index contributed by atoms with van der Waals surface area (Å²) in [5.41, 5.74) is 0.475. The van der Waals surface area contributed by atoms with Crippen molar-refractivity contribution in [2.24, 2.45) is 20.7 Å². The fourth-order valence-corrected chi connectivity index (χ4v) is 2.11. The van der Waals surface area contributed by atoms with Crippen LogP contribution >= 0.6 is 0 Å². The Hall–Kier alpha value is -2.44. The number of aldehydes is 1. The summed E-state index contributed by atoms with van der Waals surface area (Å²) in [6, 6.07) is 6.94. The maximum absolute atomic E-state index is 11.4. The summed E-state index contributed by atoms with van der Waals surface area (Å²) in [6.07, 6.45) is 2.13. The lowest BCUT2D eigenvalue weighted by Crippen LogP contribution is -2.19. The van der Waals surface area contributed by atoms with E-state index in [1.54, 1.807) is 31.2 Å². The molecule has 1 aliphatic rings. The smallest absolute Gasteiger partial charge is 0.305 e. The highest BCUT2D eigenvalue weighted by atomic mass is 16.5. The molecule has 1 aromatic rings. The fourth-order valence-electron chi connectivity index (χ4n) is 2.11. The molecule has 0 saturated carbocycles. The lowest BCUT2D eigenvalue weighted by atomic mass is 9.94. The molecule has 1 aliphatic heterocycles. The van der Waals surface area contributed by atoms with Crippen LogP contribution in [0.5, 0.6) is 0 Å². The third-order valence-electron chi connectivity index (χ3n) is 3.18. The zero-order valence-corrected chi connectivity index (χ0v) is 11.7. The molecule has 0 spiro atoms. The normalized spacial score (nSPS) is 15.1. The maximum atomic E-state index is 11.4. The molecule has 0 atom stereocenters. The number of hydrogen-bond donors (Lipinski definition) is 0. The molecule has 0 radical (unpaired) electrons. The van der Waals surface area contributed by atoms with E-state index in [9.17, 15) is 9.59 Å². The minimum Gasteiger partial charge on any atom is -0.466 e. The first-order valence-corrected chi connectivity index (χ1v) is 6.75. The Balaban J connectivity index is 2.06. The minimum atomic E-state index is -0.895. The molecule has 0 bridgehead atoms. The van der Waals surface area contributed by atoms with E-state index in [1.807, 2.05) is 0 Å². The maximum Gasteiger partial charge on any atom is 0.305 e. The highest BCUT2D eigenvalue weighted by molar-refractivity contribution is 5.74. The molecule has 1 aromatic carbocycles. The van der Waals surface area contributed by atoms with Crippen LogP contribution in [0.1, 0.15) is 42.1 Å². The van der Waals surface area contributed by atoms with Crippen LogP contribution in [0.2, 0.25) is 0 Å². The number of benzene rings is 1. The third kappa shape index (κ3) is 3.56. The standard InChI is InChI=1S/C14H16N4O3/c1-2-21-13(20)4-3-9-14(15-17-18-16-14)12-7-5-11(10-19)6-8-12/h5-8,10H,2-4,9H2,1H3. The van der Waals surface area contributed by atoms with Gasteiger partial charge in [-0.25, -0.2) is 0 Å². The average molecular weight is 288 g/mol. The predicted octanol–water partition coefficient (Wildman–Crippen LogP) is 3.22. The lowest BCUT2D eigenvalue weighted by molar-refractivity contribution is -0.143. The van der Waals surface area contributed by atoms with Gasteiger partial charge in [-0.05, 0) is 23.8 Å². The Kier molecular flexibility index (Phi) is 4.86. The van der Waals surface area contributed by atoms with E-state index < -0.39 is 5.66 Å². The zero-order chi connectivity index (χ0) is 15.1. The molecule has 1 heterocycles. The van der Waals surface area contributed by atoms with E-state index in [1.165, 1.54) is 0 Å². The quantitative estimate of drug-likeness (QED) is 0.569. The summed E-state index contributed by atoms with van der Waals surface area (Å²) in [4.78, 5) is 22.1. The van der Waals surface area contributed by atoms with Gasteiger partial charge in [-0.3, -0.25) is 9.59 Å². The van der Waals surface area contributed by atoms with Gasteiger partial charge < -0.3 is 4.74 Å². The Bertz CT molecular complexity index is 554. The molecule has 110 valence electrons. The van der Waals surface area contributed by atoms with Crippen molar-refractivity contribution < 1.29 is 14.3 Å². The zero-order valence-electron chi connectivity index (χ0n) is 11.7. The van der Waals surface area contributed by atoms with Gasteiger partial charge in [0.05, 0.1) is 6.61 Å². The van der Waals surface area contributed by atoms with Gasteiger partial charge in [0, 0.05) is 24.0 Å². The Morgan fingerprint density at radius 3 is 2.48 bits per heavy atom. The van der Waals surface area contributed by atoms with E-state index in [4.69, 9.17) is 4.74 Å². The van der Waals surface area contributed by atoms with Gasteiger partial charge in [0.2, 0.25) is 5.66 Å². The van der Waals surface area contributed by atoms with Crippen LogP contribution in [-0.2, 0) is 15.2 Å². The van der Waals surface area contributed by atoms with Crippen molar-refractivity contribution >= 4 is 12.3 Å². The molecule has 0 saturated heterocycles. The van der Waals surface area contributed by atoms with Crippen molar-refractivity contribution in [1.82, 2.24) is 0 Å². The highest BCUT2D eigenvalue weighted by Crippen LogP contribution is 2.37. The molecule has 0 aliphatic carbocycles. The van der Waals surface area contributed by atoms with Crippen molar-refractivity contribution in [2.45, 2.75) is 31.8 Å². The Morgan fingerprint density at radius 2 is 1.90 bits per heavy atom. The van der Waals surface area contributed by atoms with Gasteiger partial charge in [-0.2, -0.15) is 0 Å². The average Bonchev–Trinajstić information content (AvgIpc) is 2.98. The Labute approximate surface area is 122 Å². The first-order chi connectivity index (χ1) is 10.2. The predicted molar refractivity (Wildman–Crippen MR) is 73.7 cm³/mol. The molecular formula is C14H16N4O3. The first kappa shape index (κ1) is 15.0. The number of rotatable bonds is 7. The number of carbonyl (C=O) groups excluding carboxylic acids is 2. The van der Waals surface area contributed by atoms with E-state index in [0.29, 0.717) is 31.4 Å². The van der Waals surface area contributed by atoms with Crippen molar-refractivity contribution in [2.75, 3.05) is 6.61 Å². The minimum absolute atomic E-state index is 0.240. The Morgan fingerprint density at radius 1 is 1.24 bits per heavy atom. The number of carbonyl (C=O) groups is 2. The van der Waals surface area contributed by atoms with E-state index in [0.717, 1.165) is 11.8 Å². The van der Waals surface area contributed by atoms with Crippen molar-refractivity contribution in [3.63, 3.8) is 0 Å². The summed E-state index contributed by atoms with van der Waals surface area (Å²) in [5.74, 6) is -0.240. The van der Waals surface area contributed by atoms with E-state index >= 15 is 0 Å². The summed E-state index contributed by atoms with van der Waals surface area (Å²) >= 11 is 0. The van der Waals surface area contributed by atoms with Gasteiger partial charge in [0.25, 0.3) is 0 Å². The number of esters is 1. The van der Waals surface area contributed by atoms with Crippen LogP contribution in [0.15, 0.2) is 44.9 Å². The van der Waals surface area contributed by atoms with Crippen molar-refractivity contribution in [3.8, 4) is 0 Å². The van der Waals surface area contributed by atoms with Crippen molar-refractivity contribution in [3.05, 3.63) is 35.4 Å². The number of nitrogens with zero attached hydrogens (tertiary/aromatic N) is 4. The van der Waals surface area contributed by atoms with Gasteiger partial charge >= 0.3 is 5.97 Å². The van der Waals surface area contributed by atoms with Crippen LogP contribution in [0.4, 0.5) is 0 Å². The topological polar surface area (TPSA) is 92.8 Å². The van der Waals surface area contributed by atoms with Crippen LogP contribution < -0.4 is 0 Å². The molecule has 7 heteroatoms. The summed E-state index contributed by atoms with van der Waals surface area (Å²) in [7, 11) is 0.